The molecule has 0 aromatic carbocycles. The summed E-state index contributed by atoms with van der Waals surface area (Å²) in [6.07, 6.45) is 5.36. The van der Waals surface area contributed by atoms with Gasteiger partial charge < -0.3 is 20.9 Å². The first-order chi connectivity index (χ1) is 14.3. The number of carbonyl (C=O) groups excluding carboxylic acids is 1. The minimum absolute atomic E-state index is 0. The summed E-state index contributed by atoms with van der Waals surface area (Å²) in [7, 11) is 1.53. The average Bonchev–Trinajstić information content (AvgIpc) is 2.72. The Balaban J connectivity index is 0.000000567. The summed E-state index contributed by atoms with van der Waals surface area (Å²) in [4.78, 5) is 19.4. The molecule has 0 fully saturated rings. The van der Waals surface area contributed by atoms with Gasteiger partial charge in [-0.3, -0.25) is 4.98 Å². The van der Waals surface area contributed by atoms with E-state index in [0.29, 0.717) is 28.6 Å². The van der Waals surface area contributed by atoms with Gasteiger partial charge in [0.2, 0.25) is 0 Å². The molecule has 0 spiro atoms. The largest absolute Gasteiger partial charge is 0.697 e. The van der Waals surface area contributed by atoms with E-state index in [-0.39, 0.29) is 50.2 Å². The fraction of sp³-hybridized carbons (Fsp3) is 0.316. The van der Waals surface area contributed by atoms with Crippen LogP contribution in [0.4, 0.5) is 17.2 Å². The van der Waals surface area contributed by atoms with Crippen LogP contribution in [0.15, 0.2) is 34.9 Å². The molecular weight excluding hydrogens is 499 g/mol. The van der Waals surface area contributed by atoms with Crippen molar-refractivity contribution in [3.8, 4) is 0 Å². The molecule has 10 nitrogen and oxygen atoms in total. The van der Waals surface area contributed by atoms with Crippen LogP contribution in [0.1, 0.15) is 42.8 Å². The number of hydrazone groups is 2. The SMILES string of the molecule is C=NN(/N=C\C)c1ncc([NH-])cc1Cl.CCOC(=O)c1cncc([NH-])c1C(C)OC.[Y]. The Morgan fingerprint density at radius 1 is 1.39 bits per heavy atom. The van der Waals surface area contributed by atoms with Crippen LogP contribution in [-0.2, 0) is 42.2 Å². The third-order valence-corrected chi connectivity index (χ3v) is 3.89. The molecule has 2 aromatic heterocycles. The number of pyridine rings is 2. The summed E-state index contributed by atoms with van der Waals surface area (Å²) in [5.41, 5.74) is 16.2. The monoisotopic (exact) mass is 522 g/mol. The fourth-order valence-corrected chi connectivity index (χ4v) is 2.49. The molecule has 165 valence electrons. The van der Waals surface area contributed by atoms with E-state index in [2.05, 4.69) is 26.9 Å². The summed E-state index contributed by atoms with van der Waals surface area (Å²) in [6.45, 7) is 8.88. The maximum absolute atomic E-state index is 11.6. The zero-order valence-corrected chi connectivity index (χ0v) is 21.4. The van der Waals surface area contributed by atoms with Crippen LogP contribution in [0.3, 0.4) is 0 Å². The summed E-state index contributed by atoms with van der Waals surface area (Å²) in [6, 6.07) is 1.47. The second kappa shape index (κ2) is 14.8. The molecule has 0 aliphatic carbocycles. The van der Waals surface area contributed by atoms with Gasteiger partial charge in [-0.15, -0.1) is 16.5 Å². The maximum atomic E-state index is 11.6. The molecular formula is C19H24ClN7O3Y-2. The zero-order valence-electron chi connectivity index (χ0n) is 17.8. The smallest absolute Gasteiger partial charge is 0.340 e. The standard InChI is InChI=1S/C11H15N2O3.C8H9ClN5.Y/c1-4-16-11(14)8-5-13-6-9(12)10(8)7(2)15-3;1-3-13-14(11-2)8-7(9)4-6(10)5-12-8;/h5-7,12H,4H2,1-3H3;3-5,10H,2H2,1H3;/q2*-1;/b;13-3-;. The van der Waals surface area contributed by atoms with Crippen molar-refractivity contribution in [3.05, 3.63) is 52.3 Å². The summed E-state index contributed by atoms with van der Waals surface area (Å²) >= 11 is 5.85. The molecule has 2 heterocycles. The van der Waals surface area contributed by atoms with Crippen LogP contribution in [0, 0.1) is 0 Å². The first-order valence-electron chi connectivity index (χ1n) is 8.82. The van der Waals surface area contributed by atoms with E-state index in [4.69, 9.17) is 32.5 Å². The molecule has 2 aromatic rings. The van der Waals surface area contributed by atoms with Crippen LogP contribution < -0.4 is 5.12 Å². The van der Waals surface area contributed by atoms with Gasteiger partial charge in [0, 0.05) is 71.3 Å². The van der Waals surface area contributed by atoms with Gasteiger partial charge in [-0.05, 0) is 26.3 Å². The van der Waals surface area contributed by atoms with Gasteiger partial charge in [-0.2, -0.15) is 10.2 Å². The second-order valence-electron chi connectivity index (χ2n) is 5.58. The van der Waals surface area contributed by atoms with Gasteiger partial charge in [-0.25, -0.2) is 9.78 Å². The molecule has 0 aliphatic rings. The number of hydrogen-bond acceptors (Lipinski definition) is 8. The van der Waals surface area contributed by atoms with Crippen molar-refractivity contribution in [1.29, 1.82) is 0 Å². The molecule has 12 heteroatoms. The van der Waals surface area contributed by atoms with E-state index < -0.39 is 5.97 Å². The number of nitrogens with one attached hydrogen (secondary N) is 2. The number of halogens is 1. The first-order valence-corrected chi connectivity index (χ1v) is 9.20. The number of esters is 1. The fourth-order valence-electron chi connectivity index (χ4n) is 2.24. The van der Waals surface area contributed by atoms with E-state index in [1.807, 2.05) is 0 Å². The van der Waals surface area contributed by atoms with Crippen molar-refractivity contribution in [2.75, 3.05) is 18.8 Å². The van der Waals surface area contributed by atoms with Crippen molar-refractivity contribution in [2.24, 2.45) is 10.2 Å². The topological polar surface area (TPSA) is 137 Å². The Bertz CT molecular complexity index is 899. The Labute approximate surface area is 211 Å². The summed E-state index contributed by atoms with van der Waals surface area (Å²) < 4.78 is 10.0. The average molecular weight is 523 g/mol. The quantitative estimate of drug-likeness (QED) is 0.268. The van der Waals surface area contributed by atoms with Gasteiger partial charge in [0.05, 0.1) is 23.3 Å². The van der Waals surface area contributed by atoms with Crippen molar-refractivity contribution >= 4 is 47.7 Å². The second-order valence-corrected chi connectivity index (χ2v) is 5.99. The van der Waals surface area contributed by atoms with Crippen molar-refractivity contribution in [1.82, 2.24) is 9.97 Å². The number of anilines is 1. The molecule has 2 rings (SSSR count). The van der Waals surface area contributed by atoms with E-state index >= 15 is 0 Å². The minimum Gasteiger partial charge on any atom is -0.697 e. The molecule has 31 heavy (non-hydrogen) atoms. The van der Waals surface area contributed by atoms with Gasteiger partial charge in [0.25, 0.3) is 0 Å². The number of methoxy groups -OCH3 is 1. The van der Waals surface area contributed by atoms with E-state index in [9.17, 15) is 4.79 Å². The van der Waals surface area contributed by atoms with Crippen LogP contribution >= 0.6 is 11.6 Å². The van der Waals surface area contributed by atoms with Crippen LogP contribution in [-0.4, -0.2) is 42.6 Å². The molecule has 1 radical (unpaired) electrons. The van der Waals surface area contributed by atoms with Crippen LogP contribution in [0.2, 0.25) is 5.02 Å². The molecule has 2 N–H and O–H groups in total. The van der Waals surface area contributed by atoms with Crippen molar-refractivity contribution < 1.29 is 47.0 Å². The Morgan fingerprint density at radius 3 is 2.58 bits per heavy atom. The Morgan fingerprint density at radius 2 is 2.06 bits per heavy atom. The van der Waals surface area contributed by atoms with Gasteiger partial charge in [0.15, 0.2) is 5.82 Å². The molecule has 1 unspecified atom stereocenters. The van der Waals surface area contributed by atoms with Crippen LogP contribution in [0.5, 0.6) is 0 Å². The van der Waals surface area contributed by atoms with E-state index in [1.165, 1.54) is 36.9 Å². The summed E-state index contributed by atoms with van der Waals surface area (Å²) in [5.74, 6) is -0.112. The van der Waals surface area contributed by atoms with Gasteiger partial charge in [0.1, 0.15) is 0 Å². The maximum Gasteiger partial charge on any atom is 0.340 e. The molecule has 0 saturated carbocycles. The Hall–Kier alpha value is -2.14. The van der Waals surface area contributed by atoms with Crippen molar-refractivity contribution in [3.63, 3.8) is 0 Å². The predicted molar refractivity (Wildman–Crippen MR) is 119 cm³/mol. The van der Waals surface area contributed by atoms with Gasteiger partial charge in [-0.1, -0.05) is 17.7 Å². The minimum atomic E-state index is -0.469. The molecule has 0 bridgehead atoms. The third kappa shape index (κ3) is 8.49. The number of aromatic nitrogens is 2. The van der Waals surface area contributed by atoms with Crippen LogP contribution in [0.25, 0.3) is 11.5 Å². The molecule has 0 aliphatic heterocycles. The number of carbonyl (C=O) groups is 1. The number of ether oxygens (including phenoxy) is 2. The van der Waals surface area contributed by atoms with E-state index in [0.717, 1.165) is 0 Å². The summed E-state index contributed by atoms with van der Waals surface area (Å²) in [5, 5.41) is 9.00. The zero-order chi connectivity index (χ0) is 22.7. The molecule has 0 saturated heterocycles. The number of nitrogens with zero attached hydrogens (tertiary/aromatic N) is 5. The Kier molecular flexibility index (Phi) is 13.8. The molecule has 0 amide bonds. The van der Waals surface area contributed by atoms with Crippen molar-refractivity contribution in [2.45, 2.75) is 26.9 Å². The van der Waals surface area contributed by atoms with Gasteiger partial charge >= 0.3 is 5.97 Å². The number of rotatable bonds is 7. The normalized spacial score (nSPS) is 11.0. The third-order valence-electron chi connectivity index (χ3n) is 3.61. The first kappa shape index (κ1) is 28.9. The number of hydrogen-bond donors (Lipinski definition) is 0. The predicted octanol–water partition coefficient (Wildman–Crippen LogP) is 5.49. The van der Waals surface area contributed by atoms with E-state index in [1.54, 1.807) is 27.0 Å². The molecule has 1 atom stereocenters.